The lowest BCUT2D eigenvalue weighted by Crippen LogP contribution is -2.51. The average Bonchev–Trinajstić information content (AvgIpc) is 1.95. The van der Waals surface area contributed by atoms with Crippen molar-refractivity contribution in [1.29, 1.82) is 0 Å². The molecule has 1 heterocycles. The van der Waals surface area contributed by atoms with E-state index in [4.69, 9.17) is 5.73 Å². The van der Waals surface area contributed by atoms with Gasteiger partial charge in [-0.25, -0.2) is 0 Å². The molecular formula is C9H20N2. The molecule has 1 aliphatic rings. The van der Waals surface area contributed by atoms with Crippen LogP contribution >= 0.6 is 0 Å². The highest BCUT2D eigenvalue weighted by Gasteiger charge is 2.25. The first-order valence-electron chi connectivity index (χ1n) is 4.68. The fourth-order valence-electron chi connectivity index (χ4n) is 1.54. The zero-order chi connectivity index (χ0) is 8.27. The van der Waals surface area contributed by atoms with Crippen LogP contribution in [0.3, 0.4) is 0 Å². The second-order valence-corrected chi connectivity index (χ2v) is 3.83. The first-order chi connectivity index (χ1) is 5.26. The van der Waals surface area contributed by atoms with Gasteiger partial charge < -0.3 is 10.6 Å². The highest BCUT2D eigenvalue weighted by Crippen LogP contribution is 2.16. The van der Waals surface area contributed by atoms with E-state index in [9.17, 15) is 0 Å². The van der Waals surface area contributed by atoms with Crippen LogP contribution in [0.5, 0.6) is 0 Å². The van der Waals surface area contributed by atoms with Crippen molar-refractivity contribution in [3.05, 3.63) is 0 Å². The Kier molecular flexibility index (Phi) is 3.34. The molecule has 0 aliphatic carbocycles. The fraction of sp³-hybridized carbons (Fsp3) is 1.00. The van der Waals surface area contributed by atoms with E-state index in [1.807, 2.05) is 0 Å². The van der Waals surface area contributed by atoms with Crippen molar-refractivity contribution < 1.29 is 0 Å². The Bertz CT molecular complexity index is 108. The average molecular weight is 156 g/mol. The van der Waals surface area contributed by atoms with Crippen molar-refractivity contribution >= 4 is 0 Å². The molecule has 0 radical (unpaired) electrons. The molecule has 1 unspecified atom stereocenters. The van der Waals surface area contributed by atoms with Crippen molar-refractivity contribution in [3.63, 3.8) is 0 Å². The van der Waals surface area contributed by atoms with E-state index in [-0.39, 0.29) is 0 Å². The van der Waals surface area contributed by atoms with E-state index in [2.05, 4.69) is 18.7 Å². The molecule has 1 saturated heterocycles. The van der Waals surface area contributed by atoms with Gasteiger partial charge >= 0.3 is 0 Å². The van der Waals surface area contributed by atoms with E-state index in [0.29, 0.717) is 0 Å². The molecule has 11 heavy (non-hydrogen) atoms. The van der Waals surface area contributed by atoms with Crippen LogP contribution in [-0.4, -0.2) is 31.1 Å². The fourth-order valence-corrected chi connectivity index (χ4v) is 1.54. The predicted octanol–water partition coefficient (Wildman–Crippen LogP) is 0.923. The van der Waals surface area contributed by atoms with Crippen molar-refractivity contribution in [2.45, 2.75) is 20.3 Å². The molecular weight excluding hydrogens is 136 g/mol. The van der Waals surface area contributed by atoms with Gasteiger partial charge in [0.1, 0.15) is 0 Å². The summed E-state index contributed by atoms with van der Waals surface area (Å²) < 4.78 is 0. The van der Waals surface area contributed by atoms with Gasteiger partial charge in [0.15, 0.2) is 0 Å². The first kappa shape index (κ1) is 9.01. The van der Waals surface area contributed by atoms with E-state index >= 15 is 0 Å². The zero-order valence-electron chi connectivity index (χ0n) is 7.71. The summed E-state index contributed by atoms with van der Waals surface area (Å²) in [7, 11) is 0. The van der Waals surface area contributed by atoms with Crippen LogP contribution in [0.25, 0.3) is 0 Å². The van der Waals surface area contributed by atoms with Gasteiger partial charge in [0.25, 0.3) is 0 Å². The Morgan fingerprint density at radius 1 is 1.55 bits per heavy atom. The molecule has 66 valence electrons. The molecule has 0 aromatic heterocycles. The number of rotatable bonds is 4. The van der Waals surface area contributed by atoms with Gasteiger partial charge in [-0.15, -0.1) is 0 Å². The van der Waals surface area contributed by atoms with E-state index in [1.165, 1.54) is 26.1 Å². The topological polar surface area (TPSA) is 29.3 Å². The number of hydrogen-bond acceptors (Lipinski definition) is 2. The van der Waals surface area contributed by atoms with Crippen molar-refractivity contribution in [2.24, 2.45) is 17.6 Å². The van der Waals surface area contributed by atoms with Crippen LogP contribution in [0.1, 0.15) is 20.3 Å². The Labute approximate surface area is 69.8 Å². The third-order valence-electron chi connectivity index (χ3n) is 2.63. The molecule has 1 fully saturated rings. The van der Waals surface area contributed by atoms with Crippen LogP contribution in [-0.2, 0) is 0 Å². The number of likely N-dealkylation sites (tertiary alicyclic amines) is 1. The standard InChI is InChI=1S/C9H20N2/c1-3-8(2)5-11-6-9(4-10)7-11/h8-9H,3-7,10H2,1-2H3. The summed E-state index contributed by atoms with van der Waals surface area (Å²) in [5, 5.41) is 0. The Morgan fingerprint density at radius 2 is 2.18 bits per heavy atom. The van der Waals surface area contributed by atoms with Crippen LogP contribution in [0.4, 0.5) is 0 Å². The Hall–Kier alpha value is -0.0800. The van der Waals surface area contributed by atoms with E-state index < -0.39 is 0 Å². The summed E-state index contributed by atoms with van der Waals surface area (Å²) in [6.45, 7) is 9.19. The maximum atomic E-state index is 5.53. The molecule has 0 saturated carbocycles. The van der Waals surface area contributed by atoms with Gasteiger partial charge in [-0.2, -0.15) is 0 Å². The summed E-state index contributed by atoms with van der Waals surface area (Å²) in [6.07, 6.45) is 1.30. The molecule has 0 amide bonds. The predicted molar refractivity (Wildman–Crippen MR) is 48.4 cm³/mol. The molecule has 1 atom stereocenters. The van der Waals surface area contributed by atoms with Crippen molar-refractivity contribution in [3.8, 4) is 0 Å². The van der Waals surface area contributed by atoms with Crippen LogP contribution in [0.2, 0.25) is 0 Å². The maximum absolute atomic E-state index is 5.53. The maximum Gasteiger partial charge on any atom is 0.00342 e. The quantitative estimate of drug-likeness (QED) is 0.656. The lowest BCUT2D eigenvalue weighted by molar-refractivity contribution is 0.0887. The van der Waals surface area contributed by atoms with Gasteiger partial charge in [0.05, 0.1) is 0 Å². The summed E-state index contributed by atoms with van der Waals surface area (Å²) >= 11 is 0. The normalized spacial score (nSPS) is 23.2. The van der Waals surface area contributed by atoms with Gasteiger partial charge in [-0.3, -0.25) is 0 Å². The molecule has 2 heteroatoms. The molecule has 0 bridgehead atoms. The van der Waals surface area contributed by atoms with Crippen molar-refractivity contribution in [2.75, 3.05) is 26.2 Å². The van der Waals surface area contributed by atoms with Crippen LogP contribution < -0.4 is 5.73 Å². The van der Waals surface area contributed by atoms with Gasteiger partial charge in [-0.05, 0) is 18.4 Å². The molecule has 1 rings (SSSR count). The molecule has 1 aliphatic heterocycles. The molecule has 0 spiro atoms. The van der Waals surface area contributed by atoms with E-state index in [1.54, 1.807) is 0 Å². The minimum absolute atomic E-state index is 0.791. The first-order valence-corrected chi connectivity index (χ1v) is 4.68. The minimum atomic E-state index is 0.791. The monoisotopic (exact) mass is 156 g/mol. The molecule has 2 N–H and O–H groups in total. The highest BCUT2D eigenvalue weighted by atomic mass is 15.2. The number of hydrogen-bond donors (Lipinski definition) is 1. The Morgan fingerprint density at radius 3 is 2.64 bits per heavy atom. The molecule has 0 aromatic rings. The Balaban J connectivity index is 2.04. The zero-order valence-corrected chi connectivity index (χ0v) is 7.71. The van der Waals surface area contributed by atoms with Crippen molar-refractivity contribution in [1.82, 2.24) is 4.90 Å². The lowest BCUT2D eigenvalue weighted by atomic mass is 9.98. The summed E-state index contributed by atoms with van der Waals surface area (Å²) in [4.78, 5) is 2.51. The smallest absolute Gasteiger partial charge is 0.00342 e. The van der Waals surface area contributed by atoms with Gasteiger partial charge in [-0.1, -0.05) is 20.3 Å². The largest absolute Gasteiger partial charge is 0.330 e. The summed E-state index contributed by atoms with van der Waals surface area (Å²) in [5.74, 6) is 1.65. The summed E-state index contributed by atoms with van der Waals surface area (Å²) in [6, 6.07) is 0. The third kappa shape index (κ3) is 2.46. The number of nitrogens with two attached hydrogens (primary N) is 1. The summed E-state index contributed by atoms with van der Waals surface area (Å²) in [5.41, 5.74) is 5.53. The molecule has 2 nitrogen and oxygen atoms in total. The van der Waals surface area contributed by atoms with Crippen LogP contribution in [0.15, 0.2) is 0 Å². The second kappa shape index (κ2) is 4.07. The minimum Gasteiger partial charge on any atom is -0.330 e. The third-order valence-corrected chi connectivity index (χ3v) is 2.63. The van der Waals surface area contributed by atoms with Gasteiger partial charge in [0, 0.05) is 19.6 Å². The second-order valence-electron chi connectivity index (χ2n) is 3.83. The number of nitrogens with zero attached hydrogens (tertiary/aromatic N) is 1. The van der Waals surface area contributed by atoms with E-state index in [0.717, 1.165) is 18.4 Å². The highest BCUT2D eigenvalue weighted by molar-refractivity contribution is 4.80. The molecule has 0 aromatic carbocycles. The SMILES string of the molecule is CCC(C)CN1CC(CN)C1. The lowest BCUT2D eigenvalue weighted by Gasteiger charge is -2.40. The van der Waals surface area contributed by atoms with Gasteiger partial charge in [0.2, 0.25) is 0 Å². The van der Waals surface area contributed by atoms with Crippen LogP contribution in [0, 0.1) is 11.8 Å².